The SMILES string of the molecule is CSc1ccccc1CCN1C[C@@H](C(N)=O)CC1=O. The third-order valence-corrected chi connectivity index (χ3v) is 4.30. The maximum atomic E-state index is 11.8. The summed E-state index contributed by atoms with van der Waals surface area (Å²) < 4.78 is 0. The Morgan fingerprint density at radius 3 is 2.84 bits per heavy atom. The van der Waals surface area contributed by atoms with Crippen LogP contribution in [0.1, 0.15) is 12.0 Å². The molecule has 4 nitrogen and oxygen atoms in total. The number of amides is 2. The largest absolute Gasteiger partial charge is 0.369 e. The van der Waals surface area contributed by atoms with E-state index in [0.29, 0.717) is 13.1 Å². The first-order valence-electron chi connectivity index (χ1n) is 6.30. The average Bonchev–Trinajstić information content (AvgIpc) is 2.78. The van der Waals surface area contributed by atoms with Crippen LogP contribution in [0.2, 0.25) is 0 Å². The van der Waals surface area contributed by atoms with E-state index in [2.05, 4.69) is 12.1 Å². The molecule has 1 atom stereocenters. The molecule has 0 spiro atoms. The molecule has 0 bridgehead atoms. The number of nitrogens with two attached hydrogens (primary N) is 1. The van der Waals surface area contributed by atoms with Gasteiger partial charge in [0.25, 0.3) is 0 Å². The van der Waals surface area contributed by atoms with E-state index in [1.54, 1.807) is 16.7 Å². The summed E-state index contributed by atoms with van der Waals surface area (Å²) in [6.07, 6.45) is 3.12. The highest BCUT2D eigenvalue weighted by atomic mass is 32.2. The van der Waals surface area contributed by atoms with Gasteiger partial charge in [0.15, 0.2) is 0 Å². The summed E-state index contributed by atoms with van der Waals surface area (Å²) in [6, 6.07) is 8.18. The molecule has 1 saturated heterocycles. The Bertz CT molecular complexity index is 490. The van der Waals surface area contributed by atoms with E-state index in [9.17, 15) is 9.59 Å². The molecule has 1 fully saturated rings. The van der Waals surface area contributed by atoms with Crippen molar-refractivity contribution in [1.82, 2.24) is 4.90 Å². The molecular weight excluding hydrogens is 260 g/mol. The number of rotatable bonds is 5. The van der Waals surface area contributed by atoms with Gasteiger partial charge in [-0.05, 0) is 24.3 Å². The fraction of sp³-hybridized carbons (Fsp3) is 0.429. The first-order chi connectivity index (χ1) is 9.11. The number of likely N-dealkylation sites (tertiary alicyclic amines) is 1. The quantitative estimate of drug-likeness (QED) is 0.825. The molecule has 19 heavy (non-hydrogen) atoms. The Kier molecular flexibility index (Phi) is 4.47. The van der Waals surface area contributed by atoms with Gasteiger partial charge >= 0.3 is 0 Å². The molecule has 0 aliphatic carbocycles. The third kappa shape index (κ3) is 3.29. The van der Waals surface area contributed by atoms with Crippen molar-refractivity contribution in [3.05, 3.63) is 29.8 Å². The average molecular weight is 278 g/mol. The monoisotopic (exact) mass is 278 g/mol. The number of carbonyl (C=O) groups excluding carboxylic acids is 2. The highest BCUT2D eigenvalue weighted by Gasteiger charge is 2.32. The lowest BCUT2D eigenvalue weighted by Gasteiger charge is -2.17. The van der Waals surface area contributed by atoms with Crippen LogP contribution < -0.4 is 5.73 Å². The van der Waals surface area contributed by atoms with Crippen molar-refractivity contribution >= 4 is 23.6 Å². The molecule has 2 amide bonds. The summed E-state index contributed by atoms with van der Waals surface area (Å²) in [5, 5.41) is 0. The fourth-order valence-electron chi connectivity index (χ4n) is 2.34. The van der Waals surface area contributed by atoms with Gasteiger partial charge in [0.05, 0.1) is 5.92 Å². The molecule has 2 rings (SSSR count). The lowest BCUT2D eigenvalue weighted by atomic mass is 10.1. The molecule has 0 unspecified atom stereocenters. The van der Waals surface area contributed by atoms with E-state index in [0.717, 1.165) is 6.42 Å². The summed E-state index contributed by atoms with van der Waals surface area (Å²) in [7, 11) is 0. The number of thioether (sulfide) groups is 1. The fourth-order valence-corrected chi connectivity index (χ4v) is 2.99. The maximum Gasteiger partial charge on any atom is 0.223 e. The minimum atomic E-state index is -0.375. The van der Waals surface area contributed by atoms with Gasteiger partial charge < -0.3 is 10.6 Å². The normalized spacial score (nSPS) is 18.9. The standard InChI is InChI=1S/C14H18N2O2S/c1-19-12-5-3-2-4-10(12)6-7-16-9-11(14(15)18)8-13(16)17/h2-5,11H,6-9H2,1H3,(H2,15,18)/t11-/m0/s1. The predicted octanol–water partition coefficient (Wildman–Crippen LogP) is 1.28. The van der Waals surface area contributed by atoms with Crippen LogP contribution in [-0.2, 0) is 16.0 Å². The van der Waals surface area contributed by atoms with Crippen molar-refractivity contribution in [3.8, 4) is 0 Å². The first-order valence-corrected chi connectivity index (χ1v) is 7.53. The molecule has 1 aliphatic rings. The molecular formula is C14H18N2O2S. The first kappa shape index (κ1) is 13.9. The topological polar surface area (TPSA) is 63.4 Å². The van der Waals surface area contributed by atoms with E-state index < -0.39 is 0 Å². The molecule has 0 saturated carbocycles. The summed E-state index contributed by atoms with van der Waals surface area (Å²) in [5.41, 5.74) is 6.49. The summed E-state index contributed by atoms with van der Waals surface area (Å²) in [4.78, 5) is 25.9. The number of hydrogen-bond donors (Lipinski definition) is 1. The minimum absolute atomic E-state index is 0.0328. The van der Waals surface area contributed by atoms with E-state index in [1.807, 2.05) is 18.4 Å². The third-order valence-electron chi connectivity index (χ3n) is 3.46. The Morgan fingerprint density at radius 1 is 1.47 bits per heavy atom. The van der Waals surface area contributed by atoms with Crippen LogP contribution in [0.5, 0.6) is 0 Å². The lowest BCUT2D eigenvalue weighted by molar-refractivity contribution is -0.128. The summed E-state index contributed by atoms with van der Waals surface area (Å²) >= 11 is 1.71. The highest BCUT2D eigenvalue weighted by Crippen LogP contribution is 2.22. The van der Waals surface area contributed by atoms with Crippen LogP contribution in [0, 0.1) is 5.92 Å². The van der Waals surface area contributed by atoms with Crippen LogP contribution >= 0.6 is 11.8 Å². The molecule has 0 radical (unpaired) electrons. The van der Waals surface area contributed by atoms with E-state index in [-0.39, 0.29) is 24.2 Å². The smallest absolute Gasteiger partial charge is 0.223 e. The van der Waals surface area contributed by atoms with Crippen LogP contribution in [0.4, 0.5) is 0 Å². The molecule has 1 aliphatic heterocycles. The number of hydrogen-bond acceptors (Lipinski definition) is 3. The number of primary amides is 1. The summed E-state index contributed by atoms with van der Waals surface area (Å²) in [5.74, 6) is -0.658. The van der Waals surface area contributed by atoms with E-state index >= 15 is 0 Å². The zero-order valence-corrected chi connectivity index (χ0v) is 11.8. The lowest BCUT2D eigenvalue weighted by Crippen LogP contribution is -2.30. The second-order valence-corrected chi connectivity index (χ2v) is 5.55. The zero-order chi connectivity index (χ0) is 13.8. The van der Waals surface area contributed by atoms with Crippen LogP contribution in [-0.4, -0.2) is 36.1 Å². The zero-order valence-electron chi connectivity index (χ0n) is 11.0. The van der Waals surface area contributed by atoms with E-state index in [1.165, 1.54) is 10.5 Å². The Morgan fingerprint density at radius 2 is 2.21 bits per heavy atom. The molecule has 1 aromatic rings. The van der Waals surface area contributed by atoms with Gasteiger partial charge in [-0.1, -0.05) is 18.2 Å². The van der Waals surface area contributed by atoms with Gasteiger partial charge in [0.1, 0.15) is 0 Å². The Balaban J connectivity index is 1.96. The number of benzene rings is 1. The predicted molar refractivity (Wildman–Crippen MR) is 75.8 cm³/mol. The van der Waals surface area contributed by atoms with Gasteiger partial charge in [-0.25, -0.2) is 0 Å². The molecule has 1 heterocycles. The molecule has 102 valence electrons. The Hall–Kier alpha value is -1.49. The second kappa shape index (κ2) is 6.10. The van der Waals surface area contributed by atoms with E-state index in [4.69, 9.17) is 5.73 Å². The molecule has 1 aromatic carbocycles. The highest BCUT2D eigenvalue weighted by molar-refractivity contribution is 7.98. The second-order valence-electron chi connectivity index (χ2n) is 4.71. The van der Waals surface area contributed by atoms with Crippen molar-refractivity contribution in [2.24, 2.45) is 11.7 Å². The number of carbonyl (C=O) groups is 2. The summed E-state index contributed by atoms with van der Waals surface area (Å²) in [6.45, 7) is 1.12. The van der Waals surface area contributed by atoms with Crippen LogP contribution in [0.25, 0.3) is 0 Å². The van der Waals surface area contributed by atoms with Crippen molar-refractivity contribution < 1.29 is 9.59 Å². The molecule has 5 heteroatoms. The van der Waals surface area contributed by atoms with Crippen LogP contribution in [0.3, 0.4) is 0 Å². The molecule has 0 aromatic heterocycles. The van der Waals surface area contributed by atoms with Gasteiger partial charge in [0, 0.05) is 24.4 Å². The maximum absolute atomic E-state index is 11.8. The van der Waals surface area contributed by atoms with Crippen molar-refractivity contribution in [1.29, 1.82) is 0 Å². The van der Waals surface area contributed by atoms with Gasteiger partial charge in [-0.2, -0.15) is 0 Å². The Labute approximate surface area is 117 Å². The van der Waals surface area contributed by atoms with Crippen molar-refractivity contribution in [3.63, 3.8) is 0 Å². The van der Waals surface area contributed by atoms with Gasteiger partial charge in [0.2, 0.25) is 11.8 Å². The van der Waals surface area contributed by atoms with Crippen LogP contribution in [0.15, 0.2) is 29.2 Å². The van der Waals surface area contributed by atoms with Crippen molar-refractivity contribution in [2.75, 3.05) is 19.3 Å². The number of nitrogens with zero attached hydrogens (tertiary/aromatic N) is 1. The molecule has 2 N–H and O–H groups in total. The minimum Gasteiger partial charge on any atom is -0.369 e. The van der Waals surface area contributed by atoms with Gasteiger partial charge in [-0.3, -0.25) is 9.59 Å². The van der Waals surface area contributed by atoms with Crippen molar-refractivity contribution in [2.45, 2.75) is 17.7 Å². The van der Waals surface area contributed by atoms with Gasteiger partial charge in [-0.15, -0.1) is 11.8 Å².